The standard InChI is InChI=1S/C19H20O4.C16H16O3.C5H11O5P.Na.H/c1-14-11-16(21-2)12-18(17(14)9-10-19(20)22-3)23-13-15-7-5-4-6-8-15;1-12-8-14(18-2)9-16(15(12)10-17)19-11-13-6-4-3-5-7-13;1-8-5(6)4-11(7,9-2)10-3;;/h4-12H,13H2,1-3H3;3-10H,11H2,1-2H3;4H2,1-3H3;;/q;;;+1;-1/b10-9+;;;;. The molecule has 54 heavy (non-hydrogen) atoms. The summed E-state index contributed by atoms with van der Waals surface area (Å²) in [4.78, 5) is 33.1. The van der Waals surface area contributed by atoms with Crippen molar-refractivity contribution in [1.29, 1.82) is 0 Å². The maximum atomic E-state index is 11.3. The van der Waals surface area contributed by atoms with Crippen LogP contribution in [0.15, 0.2) is 91.0 Å². The first-order valence-electron chi connectivity index (χ1n) is 16.2. The van der Waals surface area contributed by atoms with E-state index in [9.17, 15) is 18.9 Å². The van der Waals surface area contributed by atoms with Crippen molar-refractivity contribution in [1.82, 2.24) is 0 Å². The van der Waals surface area contributed by atoms with Crippen molar-refractivity contribution in [2.75, 3.05) is 48.8 Å². The smallest absolute Gasteiger partial charge is 1.00 e. The SMILES string of the molecule is COC(=O)/C=C/c1c(C)cc(OC)cc1OCc1ccccc1.COC(=O)CP(=O)(OC)OC.COc1cc(C)c(C=O)c(OCc2ccccc2)c1.[H-].[Na+]. The van der Waals surface area contributed by atoms with Crippen molar-refractivity contribution < 1.29 is 87.4 Å². The van der Waals surface area contributed by atoms with Gasteiger partial charge in [0, 0.05) is 38.0 Å². The van der Waals surface area contributed by atoms with Gasteiger partial charge in [-0.05, 0) is 54.3 Å². The average Bonchev–Trinajstić information content (AvgIpc) is 3.19. The zero-order chi connectivity index (χ0) is 39.2. The number of benzene rings is 4. The summed E-state index contributed by atoms with van der Waals surface area (Å²) in [7, 11) is 4.96. The Morgan fingerprint density at radius 3 is 1.50 bits per heavy atom. The quantitative estimate of drug-likeness (QED) is 0.0532. The Hall–Kier alpha value is -4.42. The van der Waals surface area contributed by atoms with Crippen LogP contribution in [0.25, 0.3) is 6.08 Å². The number of hydrogen-bond donors (Lipinski definition) is 0. The first kappa shape index (κ1) is 47.6. The summed E-state index contributed by atoms with van der Waals surface area (Å²) in [6, 6.07) is 27.0. The minimum atomic E-state index is -3.23. The van der Waals surface area contributed by atoms with Gasteiger partial charge in [0.05, 0.1) is 34.0 Å². The Morgan fingerprint density at radius 1 is 0.667 bits per heavy atom. The number of carbonyl (C=O) groups excluding carboxylic acids is 3. The van der Waals surface area contributed by atoms with Crippen LogP contribution in [0.3, 0.4) is 0 Å². The molecule has 0 bridgehead atoms. The summed E-state index contributed by atoms with van der Waals surface area (Å²) >= 11 is 0. The van der Waals surface area contributed by atoms with E-state index in [1.165, 1.54) is 34.5 Å². The van der Waals surface area contributed by atoms with E-state index >= 15 is 0 Å². The van der Waals surface area contributed by atoms with Crippen molar-refractivity contribution in [2.45, 2.75) is 27.1 Å². The van der Waals surface area contributed by atoms with Crippen LogP contribution in [0, 0.1) is 13.8 Å². The molecular formula is C40H48NaO12P. The summed E-state index contributed by atoms with van der Waals surface area (Å²) < 4.78 is 51.2. The van der Waals surface area contributed by atoms with Gasteiger partial charge in [-0.2, -0.15) is 0 Å². The molecule has 0 spiro atoms. The van der Waals surface area contributed by atoms with Gasteiger partial charge in [-0.1, -0.05) is 60.7 Å². The molecule has 0 aromatic heterocycles. The molecule has 0 amide bonds. The van der Waals surface area contributed by atoms with Crippen LogP contribution in [0.5, 0.6) is 23.0 Å². The zero-order valence-corrected chi connectivity index (χ0v) is 35.2. The first-order chi connectivity index (χ1) is 25.5. The molecule has 14 heteroatoms. The second-order valence-corrected chi connectivity index (χ2v) is 13.2. The van der Waals surface area contributed by atoms with Gasteiger partial charge in [-0.3, -0.25) is 14.2 Å². The summed E-state index contributed by atoms with van der Waals surface area (Å²) in [5.41, 5.74) is 5.31. The third-order valence-electron chi connectivity index (χ3n) is 7.40. The zero-order valence-electron chi connectivity index (χ0n) is 33.3. The molecule has 12 nitrogen and oxygen atoms in total. The van der Waals surface area contributed by atoms with Crippen molar-refractivity contribution in [3.63, 3.8) is 0 Å². The fourth-order valence-electron chi connectivity index (χ4n) is 4.42. The Morgan fingerprint density at radius 2 is 1.11 bits per heavy atom. The molecule has 0 heterocycles. The molecule has 4 rings (SSSR count). The summed E-state index contributed by atoms with van der Waals surface area (Å²) in [6.45, 7) is 4.66. The molecule has 0 N–H and O–H groups in total. The molecule has 0 fully saturated rings. The molecule has 0 saturated carbocycles. The van der Waals surface area contributed by atoms with E-state index < -0.39 is 19.5 Å². The Bertz CT molecular complexity index is 1830. The van der Waals surface area contributed by atoms with Crippen molar-refractivity contribution >= 4 is 31.9 Å². The monoisotopic (exact) mass is 774 g/mol. The molecule has 0 saturated heterocycles. The van der Waals surface area contributed by atoms with E-state index in [4.69, 9.17) is 18.9 Å². The van der Waals surface area contributed by atoms with Gasteiger partial charge in [-0.25, -0.2) is 4.79 Å². The molecule has 0 aliphatic rings. The maximum absolute atomic E-state index is 11.3. The van der Waals surface area contributed by atoms with Gasteiger partial charge >= 0.3 is 49.1 Å². The normalized spacial score (nSPS) is 10.3. The minimum absolute atomic E-state index is 0. The van der Waals surface area contributed by atoms with Crippen LogP contribution in [0.1, 0.15) is 39.6 Å². The molecule has 0 atom stereocenters. The van der Waals surface area contributed by atoms with E-state index in [0.29, 0.717) is 41.8 Å². The number of aldehydes is 1. The van der Waals surface area contributed by atoms with E-state index in [-0.39, 0.29) is 37.1 Å². The number of aryl methyl sites for hydroxylation is 2. The topological polar surface area (TPSA) is 142 Å². The van der Waals surface area contributed by atoms with E-state index in [1.807, 2.05) is 92.7 Å². The van der Waals surface area contributed by atoms with Gasteiger partial charge in [-0.15, -0.1) is 0 Å². The number of methoxy groups -OCH3 is 4. The average molecular weight is 775 g/mol. The van der Waals surface area contributed by atoms with Crippen LogP contribution in [0.2, 0.25) is 0 Å². The molecule has 4 aromatic rings. The molecule has 0 aliphatic carbocycles. The van der Waals surface area contributed by atoms with E-state index in [0.717, 1.165) is 34.1 Å². The Kier molecular flexibility index (Phi) is 22.5. The largest absolute Gasteiger partial charge is 1.00 e. The number of carbonyl (C=O) groups is 3. The van der Waals surface area contributed by atoms with Crippen LogP contribution in [-0.2, 0) is 45.9 Å². The molecular weight excluding hydrogens is 726 g/mol. The van der Waals surface area contributed by atoms with Gasteiger partial charge in [0.15, 0.2) is 6.29 Å². The molecule has 0 unspecified atom stereocenters. The molecule has 4 aromatic carbocycles. The summed E-state index contributed by atoms with van der Waals surface area (Å²) in [5.74, 6) is 1.58. The Balaban J connectivity index is 0.000000828. The van der Waals surface area contributed by atoms with Crippen molar-refractivity contribution in [3.8, 4) is 23.0 Å². The Labute approximate surface area is 341 Å². The van der Waals surface area contributed by atoms with Gasteiger partial charge in [0.25, 0.3) is 0 Å². The van der Waals surface area contributed by atoms with E-state index in [1.54, 1.807) is 26.4 Å². The third-order valence-corrected chi connectivity index (χ3v) is 9.16. The molecule has 0 aliphatic heterocycles. The predicted molar refractivity (Wildman–Crippen MR) is 203 cm³/mol. The van der Waals surface area contributed by atoms with Gasteiger partial charge in [0.2, 0.25) is 0 Å². The molecule has 286 valence electrons. The maximum Gasteiger partial charge on any atom is 1.00 e. The van der Waals surface area contributed by atoms with Crippen LogP contribution in [0.4, 0.5) is 0 Å². The fraction of sp³-hybridized carbons (Fsp3) is 0.275. The third kappa shape index (κ3) is 16.3. The summed E-state index contributed by atoms with van der Waals surface area (Å²) in [5, 5.41) is 0. The second-order valence-electron chi connectivity index (χ2n) is 10.9. The van der Waals surface area contributed by atoms with E-state index in [2.05, 4.69) is 18.5 Å². The van der Waals surface area contributed by atoms with Crippen molar-refractivity contribution in [3.05, 3.63) is 124 Å². The fourth-order valence-corrected chi connectivity index (χ4v) is 5.28. The minimum Gasteiger partial charge on any atom is -1.00 e. The number of ether oxygens (including phenoxy) is 6. The van der Waals surface area contributed by atoms with Crippen molar-refractivity contribution in [2.24, 2.45) is 0 Å². The summed E-state index contributed by atoms with van der Waals surface area (Å²) in [6.07, 6.45) is 3.54. The first-order valence-corrected chi connectivity index (χ1v) is 17.9. The van der Waals surface area contributed by atoms with Crippen LogP contribution < -0.4 is 48.5 Å². The number of esters is 2. The van der Waals surface area contributed by atoms with Crippen LogP contribution in [-0.4, -0.2) is 67.0 Å². The molecule has 0 radical (unpaired) electrons. The van der Waals surface area contributed by atoms with Gasteiger partial charge in [0.1, 0.15) is 42.4 Å². The number of rotatable bonds is 15. The van der Waals surface area contributed by atoms with Crippen LogP contribution >= 0.6 is 7.60 Å². The van der Waals surface area contributed by atoms with Gasteiger partial charge < -0.3 is 38.9 Å². The predicted octanol–water partition coefficient (Wildman–Crippen LogP) is 4.93. The second kappa shape index (κ2) is 25.6. The number of hydrogen-bond acceptors (Lipinski definition) is 12.